The van der Waals surface area contributed by atoms with E-state index in [-0.39, 0.29) is 23.3 Å². The number of nitrogen functional groups attached to an aromatic ring is 1. The van der Waals surface area contributed by atoms with Crippen LogP contribution in [-0.2, 0) is 16.1 Å². The normalized spacial score (nSPS) is 18.0. The number of aromatic nitrogens is 2. The Labute approximate surface area is 245 Å². The molecular weight excluding hydrogens is 536 g/mol. The van der Waals surface area contributed by atoms with Crippen LogP contribution in [0.5, 0.6) is 0 Å². The summed E-state index contributed by atoms with van der Waals surface area (Å²) in [7, 11) is 0. The fourth-order valence-electron chi connectivity index (χ4n) is 6.89. The summed E-state index contributed by atoms with van der Waals surface area (Å²) < 4.78 is 2.10. The van der Waals surface area contributed by atoms with Gasteiger partial charge in [0.25, 0.3) is 0 Å². The van der Waals surface area contributed by atoms with Crippen LogP contribution in [0.25, 0.3) is 22.4 Å². The molecule has 0 bridgehead atoms. The third kappa shape index (κ3) is 4.54. The average molecular weight is 571 g/mol. The van der Waals surface area contributed by atoms with Crippen LogP contribution in [0.4, 0.5) is 5.69 Å². The zero-order valence-electron chi connectivity index (χ0n) is 23.5. The number of nitrogens with two attached hydrogens (primary N) is 1. The molecule has 3 heterocycles. The van der Waals surface area contributed by atoms with E-state index in [4.69, 9.17) is 27.8 Å². The van der Waals surface area contributed by atoms with Gasteiger partial charge in [-0.25, -0.2) is 0 Å². The summed E-state index contributed by atoms with van der Waals surface area (Å²) in [5.74, 6) is 0.195. The molecule has 0 atom stereocenters. The number of carbonyl (C=O) groups is 2. The summed E-state index contributed by atoms with van der Waals surface area (Å²) in [4.78, 5) is 27.9. The van der Waals surface area contributed by atoms with Gasteiger partial charge in [0.2, 0.25) is 11.8 Å². The third-order valence-corrected chi connectivity index (χ3v) is 9.54. The first-order valence-electron chi connectivity index (χ1n) is 14.1. The van der Waals surface area contributed by atoms with Crippen LogP contribution in [0.1, 0.15) is 54.1 Å². The monoisotopic (exact) mass is 570 g/mol. The molecule has 2 saturated heterocycles. The lowest BCUT2D eigenvalue weighted by molar-refractivity contribution is -0.149. The van der Waals surface area contributed by atoms with E-state index < -0.39 is 0 Å². The van der Waals surface area contributed by atoms with Gasteiger partial charge in [-0.05, 0) is 56.4 Å². The van der Waals surface area contributed by atoms with Gasteiger partial charge in [0, 0.05) is 77.9 Å². The van der Waals surface area contributed by atoms with Crippen molar-refractivity contribution in [2.75, 3.05) is 25.4 Å². The van der Waals surface area contributed by atoms with Crippen LogP contribution in [0.2, 0.25) is 5.02 Å². The number of likely N-dealkylation sites (tertiary alicyclic amines) is 2. The highest BCUT2D eigenvalue weighted by Crippen LogP contribution is 2.55. The first-order chi connectivity index (χ1) is 19.6. The number of nitrogens with one attached hydrogen (secondary N) is 1. The fraction of sp³-hybridized carbons (Fsp3) is 0.375. The second-order valence-electron chi connectivity index (χ2n) is 11.9. The number of carbonyl (C=O) groups excluding carboxylic acids is 2. The largest absolute Gasteiger partial charge is 0.398 e. The van der Waals surface area contributed by atoms with Crippen LogP contribution in [0.15, 0.2) is 43.0 Å². The molecule has 212 valence electrons. The highest BCUT2D eigenvalue weighted by molar-refractivity contribution is 6.35. The van der Waals surface area contributed by atoms with Crippen LogP contribution >= 0.6 is 11.6 Å². The highest BCUT2D eigenvalue weighted by atomic mass is 35.5. The maximum atomic E-state index is 12.1. The van der Waals surface area contributed by atoms with Gasteiger partial charge in [-0.2, -0.15) is 5.10 Å². The smallest absolute Gasteiger partial charge is 0.245 e. The van der Waals surface area contributed by atoms with Gasteiger partial charge in [0.05, 0.1) is 11.1 Å². The first-order valence-corrected chi connectivity index (χ1v) is 14.5. The molecule has 2 aromatic carbocycles. The van der Waals surface area contributed by atoms with Crippen molar-refractivity contribution in [1.29, 1.82) is 5.41 Å². The van der Waals surface area contributed by atoms with Crippen LogP contribution < -0.4 is 5.73 Å². The van der Waals surface area contributed by atoms with Gasteiger partial charge in [0.1, 0.15) is 5.69 Å². The Morgan fingerprint density at radius 3 is 2.54 bits per heavy atom. The maximum absolute atomic E-state index is 12.1. The summed E-state index contributed by atoms with van der Waals surface area (Å²) in [6.45, 7) is 10.5. The fourth-order valence-corrected chi connectivity index (χ4v) is 7.14. The Kier molecular flexibility index (Phi) is 6.77. The summed E-state index contributed by atoms with van der Waals surface area (Å²) in [6, 6.07) is 10.2. The van der Waals surface area contributed by atoms with E-state index in [1.807, 2.05) is 22.8 Å². The van der Waals surface area contributed by atoms with Crippen molar-refractivity contribution >= 4 is 35.3 Å². The predicted molar refractivity (Wildman–Crippen MR) is 162 cm³/mol. The Balaban J connectivity index is 1.38. The summed E-state index contributed by atoms with van der Waals surface area (Å²) in [5.41, 5.74) is 13.8. The SMILES string of the molecule is C=CC(=O)N1CC2(CC(n3nc(-c4ccc(CN5CCCC5=O)cc4)c(-c4c(Cl)c(C)cc(N)c4C=N)c3C)C2)C1. The van der Waals surface area contributed by atoms with Crippen molar-refractivity contribution in [3.63, 3.8) is 0 Å². The lowest BCUT2D eigenvalue weighted by atomic mass is 9.60. The second kappa shape index (κ2) is 10.2. The van der Waals surface area contributed by atoms with Gasteiger partial charge in [0.15, 0.2) is 0 Å². The zero-order valence-corrected chi connectivity index (χ0v) is 24.3. The van der Waals surface area contributed by atoms with Crippen molar-refractivity contribution in [2.24, 2.45) is 5.41 Å². The Morgan fingerprint density at radius 1 is 1.22 bits per heavy atom. The number of amides is 2. The predicted octanol–water partition coefficient (Wildman–Crippen LogP) is 5.54. The minimum Gasteiger partial charge on any atom is -0.398 e. The molecule has 3 aliphatic rings. The molecular formula is C32H35ClN6O2. The van der Waals surface area contributed by atoms with Gasteiger partial charge in [-0.3, -0.25) is 14.3 Å². The molecule has 3 N–H and O–H groups in total. The molecule has 41 heavy (non-hydrogen) atoms. The van der Waals surface area contributed by atoms with Gasteiger partial charge in [-0.1, -0.05) is 42.4 Å². The van der Waals surface area contributed by atoms with E-state index in [1.165, 1.54) is 12.3 Å². The maximum Gasteiger partial charge on any atom is 0.245 e. The van der Waals surface area contributed by atoms with Crippen LogP contribution in [-0.4, -0.2) is 57.2 Å². The quantitative estimate of drug-likeness (QED) is 0.221. The molecule has 3 fully saturated rings. The summed E-state index contributed by atoms with van der Waals surface area (Å²) >= 11 is 6.94. The molecule has 1 spiro atoms. The standard InChI is InChI=1S/C32H35ClN6O2/c1-4-26(40)38-17-32(18-38)13-23(14-32)39-20(3)28(29-24(15-34)25(35)12-19(2)30(29)33)31(36-39)22-9-7-21(8-10-22)16-37-11-5-6-27(37)41/h4,7-10,12,15,23,34H,1,5-6,11,13-14,16-18,35H2,2-3H3. The van der Waals surface area contributed by atoms with E-state index in [2.05, 4.69) is 42.4 Å². The van der Waals surface area contributed by atoms with Crippen molar-refractivity contribution < 1.29 is 9.59 Å². The summed E-state index contributed by atoms with van der Waals surface area (Å²) in [5, 5.41) is 13.9. The van der Waals surface area contributed by atoms with E-state index in [9.17, 15) is 9.59 Å². The lowest BCUT2D eigenvalue weighted by Crippen LogP contribution is -2.63. The van der Waals surface area contributed by atoms with E-state index in [0.29, 0.717) is 29.2 Å². The van der Waals surface area contributed by atoms with Crippen molar-refractivity contribution in [3.05, 3.63) is 70.4 Å². The lowest BCUT2D eigenvalue weighted by Gasteiger charge is -2.58. The molecule has 2 aliphatic heterocycles. The van der Waals surface area contributed by atoms with Gasteiger partial charge in [-0.15, -0.1) is 0 Å². The number of benzene rings is 2. The van der Waals surface area contributed by atoms with E-state index >= 15 is 0 Å². The number of anilines is 1. The van der Waals surface area contributed by atoms with Crippen molar-refractivity contribution in [2.45, 2.75) is 52.1 Å². The van der Waals surface area contributed by atoms with E-state index in [1.54, 1.807) is 0 Å². The highest BCUT2D eigenvalue weighted by Gasteiger charge is 2.54. The first kappa shape index (κ1) is 27.3. The minimum absolute atomic E-state index is 0.0117. The van der Waals surface area contributed by atoms with Gasteiger partial charge < -0.3 is 20.9 Å². The number of aryl methyl sites for hydroxylation is 1. The number of rotatable bonds is 7. The molecule has 1 saturated carbocycles. The third-order valence-electron chi connectivity index (χ3n) is 9.06. The number of hydrogen-bond donors (Lipinski definition) is 2. The van der Waals surface area contributed by atoms with Crippen LogP contribution in [0.3, 0.4) is 0 Å². The summed E-state index contributed by atoms with van der Waals surface area (Å²) in [6.07, 6.45) is 6.07. The molecule has 0 radical (unpaired) electrons. The molecule has 2 amide bonds. The van der Waals surface area contributed by atoms with Crippen LogP contribution in [0, 0.1) is 24.7 Å². The number of halogens is 1. The molecule has 8 nitrogen and oxygen atoms in total. The molecule has 3 aromatic rings. The Morgan fingerprint density at radius 2 is 1.93 bits per heavy atom. The molecule has 1 aliphatic carbocycles. The Bertz CT molecular complexity index is 1580. The van der Waals surface area contributed by atoms with Crippen molar-refractivity contribution in [3.8, 4) is 22.4 Å². The number of nitrogens with zero attached hydrogens (tertiary/aromatic N) is 4. The molecule has 6 rings (SSSR count). The zero-order chi connectivity index (χ0) is 29.1. The number of hydrogen-bond acceptors (Lipinski definition) is 5. The Hall–Kier alpha value is -3.91. The van der Waals surface area contributed by atoms with Gasteiger partial charge >= 0.3 is 0 Å². The molecule has 1 aromatic heterocycles. The second-order valence-corrected chi connectivity index (χ2v) is 12.2. The average Bonchev–Trinajstić information content (AvgIpc) is 3.47. The van der Waals surface area contributed by atoms with Crippen molar-refractivity contribution in [1.82, 2.24) is 19.6 Å². The molecule has 0 unspecified atom stereocenters. The minimum atomic E-state index is -0.0117. The molecule has 9 heteroatoms. The van der Waals surface area contributed by atoms with E-state index in [0.717, 1.165) is 78.1 Å². The topological polar surface area (TPSA) is 108 Å².